The number of nitrogens with one attached hydrogen (secondary N) is 2. The topological polar surface area (TPSA) is 170 Å². The van der Waals surface area contributed by atoms with Crippen molar-refractivity contribution < 1.29 is 38.1 Å². The van der Waals surface area contributed by atoms with Crippen LogP contribution in [0.4, 0.5) is 0 Å². The van der Waals surface area contributed by atoms with Crippen molar-refractivity contribution in [2.45, 2.75) is 76.3 Å². The fraction of sp³-hybridized carbons (Fsp3) is 0.429. The van der Waals surface area contributed by atoms with E-state index in [-0.39, 0.29) is 42.0 Å². The predicted octanol–water partition coefficient (Wildman–Crippen LogP) is 6.93. The van der Waals surface area contributed by atoms with Gasteiger partial charge >= 0.3 is 0 Å². The average Bonchev–Trinajstić information content (AvgIpc) is 3.86. The van der Waals surface area contributed by atoms with Crippen molar-refractivity contribution in [1.29, 1.82) is 0 Å². The van der Waals surface area contributed by atoms with Crippen molar-refractivity contribution in [3.8, 4) is 40.0 Å². The monoisotopic (exact) mass is 867 g/mol. The summed E-state index contributed by atoms with van der Waals surface area (Å²) >= 11 is 0. The third-order valence-electron chi connectivity index (χ3n) is 13.5. The lowest BCUT2D eigenvalue weighted by Crippen LogP contribution is -2.55. The lowest BCUT2D eigenvalue weighted by atomic mass is 9.73. The van der Waals surface area contributed by atoms with E-state index in [2.05, 4.69) is 20.3 Å². The largest absolute Gasteiger partial charge is 0.493 e. The second-order valence-electron chi connectivity index (χ2n) is 17.4. The number of methoxy groups -OCH3 is 2. The molecule has 5 aromatic rings. The number of ether oxygens (including phenoxy) is 5. The number of hydrogen-bond acceptors (Lipinski definition) is 11. The highest BCUT2D eigenvalue weighted by Crippen LogP contribution is 2.48. The summed E-state index contributed by atoms with van der Waals surface area (Å²) in [6.45, 7) is 1.50. The highest BCUT2D eigenvalue weighted by molar-refractivity contribution is 6.09. The molecule has 15 nitrogen and oxygen atoms in total. The molecule has 2 aliphatic carbocycles. The molecule has 3 aromatic carbocycles. The number of nitrogens with zero attached hydrogens (tertiary/aromatic N) is 5. The van der Waals surface area contributed by atoms with Gasteiger partial charge in [-0.3, -0.25) is 14.4 Å². The zero-order valence-corrected chi connectivity index (χ0v) is 36.2. The van der Waals surface area contributed by atoms with E-state index in [1.54, 1.807) is 25.4 Å². The Morgan fingerprint density at radius 1 is 0.891 bits per heavy atom. The Morgan fingerprint density at radius 3 is 2.45 bits per heavy atom. The predicted molar refractivity (Wildman–Crippen MR) is 238 cm³/mol. The number of aryl methyl sites for hydroxylation is 1. The lowest BCUT2D eigenvalue weighted by Gasteiger charge is -2.43. The SMILES string of the molecule is COc1ccc(C2=NN(C3CCN(C(=O)[C@@H](CCc4ccccc4)NC(=O)c4c[nH]c5c(-c6c(OCC7CC7)ccc7c6OCO7)ncnc45)CC3)C(=O)[C@@H]3CCCC[C@H]23)cc1OC. The van der Waals surface area contributed by atoms with Gasteiger partial charge in [0.05, 0.1) is 49.2 Å². The number of benzene rings is 3. The molecular formula is C49H53N7O8. The van der Waals surface area contributed by atoms with Crippen LogP contribution in [0.3, 0.4) is 0 Å². The van der Waals surface area contributed by atoms with Gasteiger partial charge in [-0.15, -0.1) is 0 Å². The van der Waals surface area contributed by atoms with Crippen molar-refractivity contribution in [3.63, 3.8) is 0 Å². The molecule has 2 aromatic heterocycles. The average molecular weight is 868 g/mol. The van der Waals surface area contributed by atoms with E-state index in [4.69, 9.17) is 28.8 Å². The molecule has 2 N–H and O–H groups in total. The van der Waals surface area contributed by atoms with E-state index in [0.29, 0.717) is 102 Å². The molecule has 0 unspecified atom stereocenters. The minimum atomic E-state index is -0.824. The number of carbonyl (C=O) groups excluding carboxylic acids is 3. The Morgan fingerprint density at radius 2 is 1.67 bits per heavy atom. The van der Waals surface area contributed by atoms with Crippen molar-refractivity contribution in [3.05, 3.63) is 89.9 Å². The van der Waals surface area contributed by atoms with Crippen LogP contribution in [0.25, 0.3) is 22.3 Å². The zero-order chi connectivity index (χ0) is 43.7. The normalized spacial score (nSPS) is 20.1. The number of hydrazone groups is 1. The molecule has 5 heterocycles. The molecule has 5 aliphatic rings. The summed E-state index contributed by atoms with van der Waals surface area (Å²) in [7, 11) is 3.23. The van der Waals surface area contributed by atoms with Crippen molar-refractivity contribution in [2.24, 2.45) is 22.9 Å². The van der Waals surface area contributed by atoms with E-state index >= 15 is 0 Å². The molecule has 0 bridgehead atoms. The first-order valence-corrected chi connectivity index (χ1v) is 22.5. The molecule has 332 valence electrons. The van der Waals surface area contributed by atoms with E-state index in [1.165, 1.54) is 6.33 Å². The summed E-state index contributed by atoms with van der Waals surface area (Å²) in [5, 5.41) is 9.92. The van der Waals surface area contributed by atoms with Crippen LogP contribution in [-0.4, -0.2) is 101 Å². The molecular weight excluding hydrogens is 815 g/mol. The number of hydrogen-bond donors (Lipinski definition) is 2. The molecule has 2 saturated carbocycles. The second-order valence-corrected chi connectivity index (χ2v) is 17.4. The highest BCUT2D eigenvalue weighted by Gasteiger charge is 2.44. The Balaban J connectivity index is 0.885. The van der Waals surface area contributed by atoms with Crippen LogP contribution in [0.2, 0.25) is 0 Å². The zero-order valence-electron chi connectivity index (χ0n) is 36.2. The van der Waals surface area contributed by atoms with Crippen LogP contribution in [0.5, 0.6) is 28.7 Å². The van der Waals surface area contributed by atoms with E-state index in [0.717, 1.165) is 55.4 Å². The summed E-state index contributed by atoms with van der Waals surface area (Å²) < 4.78 is 29.1. The van der Waals surface area contributed by atoms with Gasteiger partial charge in [-0.05, 0) is 93.2 Å². The summed E-state index contributed by atoms with van der Waals surface area (Å²) in [5.74, 6) is 2.86. The number of piperidine rings is 1. The summed E-state index contributed by atoms with van der Waals surface area (Å²) in [4.78, 5) is 57.4. The first-order valence-electron chi connectivity index (χ1n) is 22.5. The fourth-order valence-corrected chi connectivity index (χ4v) is 9.79. The molecule has 3 fully saturated rings. The van der Waals surface area contributed by atoms with Crippen molar-refractivity contribution in [1.82, 2.24) is 30.2 Å². The number of carbonyl (C=O) groups is 3. The maximum Gasteiger partial charge on any atom is 0.255 e. The minimum Gasteiger partial charge on any atom is -0.493 e. The lowest BCUT2D eigenvalue weighted by molar-refractivity contribution is -0.143. The third kappa shape index (κ3) is 8.07. The number of amides is 3. The first kappa shape index (κ1) is 41.4. The quantitative estimate of drug-likeness (QED) is 0.119. The first-order chi connectivity index (χ1) is 31.4. The van der Waals surface area contributed by atoms with Gasteiger partial charge in [0.15, 0.2) is 23.0 Å². The molecule has 1 saturated heterocycles. The van der Waals surface area contributed by atoms with Crippen LogP contribution in [0.15, 0.2) is 78.3 Å². The number of aromatic nitrogens is 3. The molecule has 0 radical (unpaired) electrons. The Hall–Kier alpha value is -6.64. The molecule has 64 heavy (non-hydrogen) atoms. The van der Waals surface area contributed by atoms with Crippen LogP contribution in [0.1, 0.15) is 79.3 Å². The fourth-order valence-electron chi connectivity index (χ4n) is 9.79. The molecule has 3 aliphatic heterocycles. The van der Waals surface area contributed by atoms with E-state index < -0.39 is 11.9 Å². The van der Waals surface area contributed by atoms with Gasteiger partial charge < -0.3 is 38.9 Å². The van der Waals surface area contributed by atoms with Crippen molar-refractivity contribution in [2.75, 3.05) is 40.7 Å². The van der Waals surface area contributed by atoms with Gasteiger partial charge in [0.1, 0.15) is 29.3 Å². The minimum absolute atomic E-state index is 0.0348. The van der Waals surface area contributed by atoms with Gasteiger partial charge in [-0.2, -0.15) is 5.10 Å². The number of rotatable bonds is 14. The maximum absolute atomic E-state index is 14.6. The second kappa shape index (κ2) is 17.9. The van der Waals surface area contributed by atoms with Gasteiger partial charge in [0, 0.05) is 36.7 Å². The highest BCUT2D eigenvalue weighted by atomic mass is 16.7. The van der Waals surface area contributed by atoms with Gasteiger partial charge in [0.25, 0.3) is 5.91 Å². The Bertz CT molecular complexity index is 2580. The number of likely N-dealkylation sites (tertiary alicyclic amines) is 1. The smallest absolute Gasteiger partial charge is 0.255 e. The Kier molecular flexibility index (Phi) is 11.5. The van der Waals surface area contributed by atoms with Gasteiger partial charge in [-0.25, -0.2) is 15.0 Å². The standard InChI is InChI=1S/C49H53N7O8/c1-60-37-17-15-31(24-40(37)61-2)42-33-10-6-7-11-34(33)48(58)56(54-42)32-20-22-55(23-21-32)49(59)36(16-14-29-8-4-3-5-9-29)53-47(57)35-25-50-45-43(35)51-27-52-44(45)41-38(62-26-30-12-13-30)18-19-39-46(41)64-28-63-39/h3-5,8-9,15,17-19,24-25,27,30,32-34,36,50H,6-7,10-14,16,20-23,26,28H2,1-2H3,(H,53,57)/t33-,34+,36+/m0/s1. The van der Waals surface area contributed by atoms with Crippen LogP contribution >= 0.6 is 0 Å². The van der Waals surface area contributed by atoms with Crippen molar-refractivity contribution >= 4 is 34.5 Å². The molecule has 10 rings (SSSR count). The summed E-state index contributed by atoms with van der Waals surface area (Å²) in [6, 6.07) is 18.5. The molecule has 0 spiro atoms. The van der Waals surface area contributed by atoms with Crippen LogP contribution < -0.4 is 29.0 Å². The number of fused-ring (bicyclic) bond motifs is 3. The molecule has 15 heteroatoms. The number of H-pyrrole nitrogens is 1. The number of aromatic amines is 1. The van der Waals surface area contributed by atoms with Gasteiger partial charge in [0.2, 0.25) is 18.6 Å². The van der Waals surface area contributed by atoms with Crippen LogP contribution in [0, 0.1) is 17.8 Å². The summed E-state index contributed by atoms with van der Waals surface area (Å²) in [6.07, 6.45) is 11.2. The molecule has 3 amide bonds. The van der Waals surface area contributed by atoms with Gasteiger partial charge in [-0.1, -0.05) is 43.2 Å². The third-order valence-corrected chi connectivity index (χ3v) is 13.5. The summed E-state index contributed by atoms with van der Waals surface area (Å²) in [5.41, 5.74) is 5.25. The van der Waals surface area contributed by atoms with Crippen LogP contribution in [-0.2, 0) is 16.0 Å². The van der Waals surface area contributed by atoms with E-state index in [1.807, 2.05) is 65.6 Å². The Labute approximate surface area is 371 Å². The molecule has 3 atom stereocenters. The van der Waals surface area contributed by atoms with E-state index in [9.17, 15) is 14.4 Å². The maximum atomic E-state index is 14.6.